The van der Waals surface area contributed by atoms with Gasteiger partial charge >= 0.3 is 23.5 Å². The number of aromatic nitrogens is 4. The summed E-state index contributed by atoms with van der Waals surface area (Å²) in [6.07, 6.45) is -3.69. The molecule has 0 saturated carbocycles. The van der Waals surface area contributed by atoms with Crippen molar-refractivity contribution in [1.29, 1.82) is 0 Å². The molecule has 1 fully saturated rings. The van der Waals surface area contributed by atoms with Crippen LogP contribution in [-0.2, 0) is 31.6 Å². The number of anilines is 1. The van der Waals surface area contributed by atoms with Gasteiger partial charge in [0, 0.05) is 59.1 Å². The van der Waals surface area contributed by atoms with E-state index in [0.717, 1.165) is 6.33 Å². The quantitative estimate of drug-likeness (QED) is 0.109. The molecule has 200 valence electrons. The third-order valence-corrected chi connectivity index (χ3v) is 7.62. The molecule has 3 heterocycles. The maximum Gasteiger partial charge on any atom is 0.490 e. The molecule has 0 amide bonds. The number of imidazole rings is 1. The van der Waals surface area contributed by atoms with Gasteiger partial charge in [-0.1, -0.05) is 0 Å². The molecule has 2 radical (unpaired) electrons. The summed E-state index contributed by atoms with van der Waals surface area (Å²) in [7, 11) is -16.7. The average molecular weight is 607 g/mol. The Morgan fingerprint density at radius 2 is 1.53 bits per heavy atom. The van der Waals surface area contributed by atoms with E-state index in [-0.39, 0.29) is 92.5 Å². The van der Waals surface area contributed by atoms with Gasteiger partial charge in [0.1, 0.15) is 30.2 Å². The molecule has 3 rings (SSSR count). The van der Waals surface area contributed by atoms with Crippen molar-refractivity contribution in [2.75, 3.05) is 12.3 Å². The van der Waals surface area contributed by atoms with E-state index in [1.54, 1.807) is 0 Å². The number of hydrogen-bond donors (Lipinski definition) is 7. The van der Waals surface area contributed by atoms with Crippen LogP contribution in [0.1, 0.15) is 6.23 Å². The Hall–Kier alpha value is 0.520. The van der Waals surface area contributed by atoms with Crippen LogP contribution in [-0.4, -0.2) is 150 Å². The fraction of sp³-hybridized carbons (Fsp3) is 0.500. The second-order valence-corrected chi connectivity index (χ2v) is 10.4. The van der Waals surface area contributed by atoms with Gasteiger partial charge in [0.05, 0.1) is 12.9 Å². The van der Waals surface area contributed by atoms with Crippen molar-refractivity contribution < 1.29 is 77.8 Å². The Bertz CT molecular complexity index is 1120. The van der Waals surface area contributed by atoms with Gasteiger partial charge in [-0.2, -0.15) is 8.62 Å². The number of hydrogen-bond acceptors (Lipinski definition) is 13. The molecule has 1 aliphatic heterocycles. The van der Waals surface area contributed by atoms with E-state index in [1.165, 1.54) is 10.9 Å². The number of phosphoric ester groups is 1. The molecule has 1 aliphatic rings. The zero-order valence-electron chi connectivity index (χ0n) is 18.4. The van der Waals surface area contributed by atoms with Crippen molar-refractivity contribution in [1.82, 2.24) is 19.5 Å². The molecule has 2 unspecified atom stereocenters. The van der Waals surface area contributed by atoms with Crippen molar-refractivity contribution in [3.8, 4) is 0 Å². The fourth-order valence-corrected chi connectivity index (χ4v) is 5.65. The molecule has 26 heteroatoms. The molecular weight excluding hydrogens is 585 g/mol. The van der Waals surface area contributed by atoms with Crippen LogP contribution in [0.5, 0.6) is 0 Å². The molecule has 6 atom stereocenters. The SMILES string of the molecule is Nc1ncnc2c1ncn2[C@@H]1O[C@H](COP(=O)(O)OP(=O)(O)OP(=O)(O)O)[C@@H](O)[C@H]1O.O.O.O.[Na].[Na]. The summed E-state index contributed by atoms with van der Waals surface area (Å²) >= 11 is 0. The van der Waals surface area contributed by atoms with E-state index in [9.17, 15) is 28.8 Å². The number of ether oxygens (including phenoxy) is 1. The summed E-state index contributed by atoms with van der Waals surface area (Å²) < 4.78 is 51.9. The van der Waals surface area contributed by atoms with Crippen LogP contribution in [0.25, 0.3) is 11.2 Å². The van der Waals surface area contributed by atoms with Gasteiger partial charge in [-0.3, -0.25) is 9.09 Å². The number of nitrogen functional groups attached to an aromatic ring is 1. The minimum Gasteiger partial charge on any atom is -0.412 e. The van der Waals surface area contributed by atoms with Gasteiger partial charge in [0.15, 0.2) is 17.7 Å². The Kier molecular flexibility index (Phi) is 17.5. The van der Waals surface area contributed by atoms with Gasteiger partial charge < -0.3 is 56.7 Å². The third-order valence-electron chi connectivity index (χ3n) is 3.82. The molecule has 0 aromatic carbocycles. The maximum absolute atomic E-state index is 11.8. The average Bonchev–Trinajstić information content (AvgIpc) is 3.13. The summed E-state index contributed by atoms with van der Waals surface area (Å²) in [6, 6.07) is 0. The summed E-state index contributed by atoms with van der Waals surface area (Å²) in [6.45, 7) is -0.956. The maximum atomic E-state index is 11.8. The van der Waals surface area contributed by atoms with E-state index < -0.39 is 54.6 Å². The molecule has 0 aliphatic carbocycles. The number of fused-ring (bicyclic) bond motifs is 1. The van der Waals surface area contributed by atoms with Gasteiger partial charge in [-0.25, -0.2) is 28.6 Å². The molecule has 2 aromatic rings. The van der Waals surface area contributed by atoms with Gasteiger partial charge in [-0.15, -0.1) is 0 Å². The Morgan fingerprint density at radius 3 is 2.08 bits per heavy atom. The van der Waals surface area contributed by atoms with Crippen LogP contribution in [0.3, 0.4) is 0 Å². The Labute approximate surface area is 244 Å². The summed E-state index contributed by atoms with van der Waals surface area (Å²) in [5.41, 5.74) is 6.00. The van der Waals surface area contributed by atoms with Gasteiger partial charge in [-0.05, 0) is 0 Å². The second kappa shape index (κ2) is 15.3. The molecule has 14 N–H and O–H groups in total. The standard InChI is InChI=1S/C10H16N5O13P3.2Na.3H2O/c11-8-5-9(13-2-12-8)15(3-14-5)10-7(17)6(16)4(26-10)1-25-30(21,22)28-31(23,24)27-29(18,19)20;;;;;/h2-4,6-7,10,16-17H,1H2,(H,21,22)(H,23,24)(H2,11,12,13)(H2,18,19,20);;;3*1H2/t4-,6-,7-,10-;;;;;/m1...../s1. The first-order chi connectivity index (χ1) is 14.2. The summed E-state index contributed by atoms with van der Waals surface area (Å²) in [5.74, 6) is 0.0426. The molecule has 2 aromatic heterocycles. The molecule has 0 spiro atoms. The topological polar surface area (TPSA) is 374 Å². The molecule has 1 saturated heterocycles. The van der Waals surface area contributed by atoms with Crippen molar-refractivity contribution in [2.45, 2.75) is 24.5 Å². The Morgan fingerprint density at radius 1 is 0.944 bits per heavy atom. The first kappa shape index (κ1) is 41.0. The fourth-order valence-electron chi connectivity index (χ4n) is 2.62. The van der Waals surface area contributed by atoms with Crippen LogP contribution >= 0.6 is 23.5 Å². The van der Waals surface area contributed by atoms with Crippen LogP contribution in [0.4, 0.5) is 5.82 Å². The first-order valence-electron chi connectivity index (χ1n) is 7.92. The van der Waals surface area contributed by atoms with Crippen molar-refractivity contribution in [3.63, 3.8) is 0 Å². The number of phosphoric acid groups is 3. The van der Waals surface area contributed by atoms with Gasteiger partial charge in [0.25, 0.3) is 0 Å². The monoisotopic (exact) mass is 607 g/mol. The number of rotatable bonds is 8. The number of aliphatic hydroxyl groups is 2. The van der Waals surface area contributed by atoms with Crippen LogP contribution in [0, 0.1) is 0 Å². The Balaban J connectivity index is -0.00000218. The van der Waals surface area contributed by atoms with E-state index in [0.29, 0.717) is 0 Å². The molecular formula is C10H22N5Na2O16P3. The minimum atomic E-state index is -5.70. The summed E-state index contributed by atoms with van der Waals surface area (Å²) in [5, 5.41) is 20.4. The second-order valence-electron chi connectivity index (χ2n) is 6.02. The zero-order chi connectivity index (χ0) is 23.2. The third kappa shape index (κ3) is 10.2. The molecule has 0 bridgehead atoms. The summed E-state index contributed by atoms with van der Waals surface area (Å²) in [4.78, 5) is 47.2. The minimum absolute atomic E-state index is 0. The van der Waals surface area contributed by atoms with Gasteiger partial charge in [0.2, 0.25) is 0 Å². The first-order valence-corrected chi connectivity index (χ1v) is 12.4. The molecule has 36 heavy (non-hydrogen) atoms. The van der Waals surface area contributed by atoms with Crippen molar-refractivity contribution in [3.05, 3.63) is 12.7 Å². The number of aliphatic hydroxyl groups excluding tert-OH is 2. The van der Waals surface area contributed by atoms with Crippen molar-refractivity contribution in [2.24, 2.45) is 0 Å². The largest absolute Gasteiger partial charge is 0.490 e. The zero-order valence-corrected chi connectivity index (χ0v) is 25.1. The normalized spacial score (nSPS) is 24.5. The predicted molar refractivity (Wildman–Crippen MR) is 118 cm³/mol. The van der Waals surface area contributed by atoms with Crippen LogP contribution in [0.15, 0.2) is 12.7 Å². The number of nitrogens with two attached hydrogens (primary N) is 1. The molecule has 21 nitrogen and oxygen atoms in total. The number of nitrogens with zero attached hydrogens (tertiary/aromatic N) is 4. The van der Waals surface area contributed by atoms with E-state index in [1.807, 2.05) is 0 Å². The predicted octanol–water partition coefficient (Wildman–Crippen LogP) is -4.86. The van der Waals surface area contributed by atoms with E-state index in [2.05, 4.69) is 28.1 Å². The van der Waals surface area contributed by atoms with Crippen LogP contribution < -0.4 is 5.73 Å². The smallest absolute Gasteiger partial charge is 0.412 e. The van der Waals surface area contributed by atoms with E-state index in [4.69, 9.17) is 25.2 Å². The van der Waals surface area contributed by atoms with Crippen molar-refractivity contribution >= 4 is 99.6 Å². The van der Waals surface area contributed by atoms with E-state index >= 15 is 0 Å². The van der Waals surface area contributed by atoms with Crippen LogP contribution in [0.2, 0.25) is 0 Å².